The number of carbonyl (C=O) groups excluding carboxylic acids is 1. The van der Waals surface area contributed by atoms with Crippen LogP contribution in [0.2, 0.25) is 0 Å². The SMILES string of the molecule is CCOC(=O)[C@H](Cc1ccc(OCC=C(C)c2ccc(I)cc2)cc1)OCC. The molecule has 28 heavy (non-hydrogen) atoms. The van der Waals surface area contributed by atoms with Crippen LogP contribution in [0.25, 0.3) is 5.57 Å². The molecule has 2 aromatic carbocycles. The van der Waals surface area contributed by atoms with Crippen LogP contribution < -0.4 is 4.74 Å². The van der Waals surface area contributed by atoms with Crippen molar-refractivity contribution < 1.29 is 19.0 Å². The first-order valence-electron chi connectivity index (χ1n) is 9.46. The van der Waals surface area contributed by atoms with E-state index in [0.29, 0.717) is 26.2 Å². The standard InChI is InChI=1S/C23H27IO4/c1-4-26-22(23(25)27-5-2)16-18-6-12-21(13-7-18)28-15-14-17(3)19-8-10-20(24)11-9-19/h6-14,22H,4-5,15-16H2,1-3H3/t22-/m0/s1. The normalized spacial score (nSPS) is 12.5. The molecule has 0 N–H and O–H groups in total. The fourth-order valence-corrected chi connectivity index (χ4v) is 3.04. The van der Waals surface area contributed by atoms with Crippen LogP contribution in [0.5, 0.6) is 5.75 Å². The molecule has 0 unspecified atom stereocenters. The average Bonchev–Trinajstić information content (AvgIpc) is 2.69. The summed E-state index contributed by atoms with van der Waals surface area (Å²) in [6, 6.07) is 16.2. The van der Waals surface area contributed by atoms with Crippen molar-refractivity contribution in [1.82, 2.24) is 0 Å². The Morgan fingerprint density at radius 2 is 1.71 bits per heavy atom. The van der Waals surface area contributed by atoms with Crippen LogP contribution in [-0.2, 0) is 20.7 Å². The van der Waals surface area contributed by atoms with Gasteiger partial charge < -0.3 is 14.2 Å². The highest BCUT2D eigenvalue weighted by molar-refractivity contribution is 14.1. The highest BCUT2D eigenvalue weighted by Crippen LogP contribution is 2.18. The monoisotopic (exact) mass is 494 g/mol. The smallest absolute Gasteiger partial charge is 0.335 e. The molecule has 2 aromatic rings. The van der Waals surface area contributed by atoms with E-state index in [1.807, 2.05) is 31.2 Å². The van der Waals surface area contributed by atoms with Crippen LogP contribution in [0.1, 0.15) is 31.9 Å². The van der Waals surface area contributed by atoms with E-state index in [-0.39, 0.29) is 5.97 Å². The Morgan fingerprint density at radius 1 is 1.04 bits per heavy atom. The zero-order chi connectivity index (χ0) is 20.4. The first kappa shape index (κ1) is 22.4. The van der Waals surface area contributed by atoms with Crippen LogP contribution in [0.4, 0.5) is 0 Å². The summed E-state index contributed by atoms with van der Waals surface area (Å²) in [5, 5.41) is 0. The summed E-state index contributed by atoms with van der Waals surface area (Å²) in [5.74, 6) is 0.473. The number of hydrogen-bond acceptors (Lipinski definition) is 4. The zero-order valence-corrected chi connectivity index (χ0v) is 18.8. The van der Waals surface area contributed by atoms with Crippen molar-refractivity contribution in [2.75, 3.05) is 19.8 Å². The summed E-state index contributed by atoms with van der Waals surface area (Å²) in [4.78, 5) is 12.0. The summed E-state index contributed by atoms with van der Waals surface area (Å²) in [6.45, 7) is 7.07. The Labute approximate surface area is 181 Å². The average molecular weight is 494 g/mol. The molecule has 150 valence electrons. The van der Waals surface area contributed by atoms with Gasteiger partial charge in [0.25, 0.3) is 0 Å². The van der Waals surface area contributed by atoms with E-state index in [9.17, 15) is 4.79 Å². The molecule has 0 fully saturated rings. The Morgan fingerprint density at radius 3 is 2.32 bits per heavy atom. The molecule has 0 aliphatic heterocycles. The Bertz CT molecular complexity index is 766. The van der Waals surface area contributed by atoms with Crippen molar-refractivity contribution in [2.45, 2.75) is 33.3 Å². The van der Waals surface area contributed by atoms with Gasteiger partial charge in [0, 0.05) is 16.6 Å². The van der Waals surface area contributed by atoms with E-state index < -0.39 is 6.10 Å². The van der Waals surface area contributed by atoms with Crippen LogP contribution in [0, 0.1) is 3.57 Å². The molecular formula is C23H27IO4. The minimum Gasteiger partial charge on any atom is -0.490 e. The number of halogens is 1. The second-order valence-corrected chi connectivity index (χ2v) is 7.49. The van der Waals surface area contributed by atoms with Crippen molar-refractivity contribution >= 4 is 34.1 Å². The molecule has 0 radical (unpaired) electrons. The van der Waals surface area contributed by atoms with Gasteiger partial charge in [-0.05, 0) is 90.4 Å². The summed E-state index contributed by atoms with van der Waals surface area (Å²) < 4.78 is 17.6. The minimum atomic E-state index is -0.573. The van der Waals surface area contributed by atoms with Gasteiger partial charge in [-0.2, -0.15) is 0 Å². The first-order valence-corrected chi connectivity index (χ1v) is 10.5. The summed E-state index contributed by atoms with van der Waals surface area (Å²) in [5.41, 5.74) is 3.38. The molecule has 0 aromatic heterocycles. The molecule has 1 atom stereocenters. The largest absolute Gasteiger partial charge is 0.490 e. The van der Waals surface area contributed by atoms with Crippen LogP contribution >= 0.6 is 22.6 Å². The molecule has 4 nitrogen and oxygen atoms in total. The third-order valence-corrected chi connectivity index (χ3v) is 4.92. The van der Waals surface area contributed by atoms with E-state index in [2.05, 4.69) is 59.9 Å². The number of allylic oxidation sites excluding steroid dienone is 1. The van der Waals surface area contributed by atoms with E-state index in [4.69, 9.17) is 14.2 Å². The van der Waals surface area contributed by atoms with E-state index >= 15 is 0 Å². The van der Waals surface area contributed by atoms with Crippen LogP contribution in [0.3, 0.4) is 0 Å². The lowest BCUT2D eigenvalue weighted by Gasteiger charge is -2.15. The van der Waals surface area contributed by atoms with E-state index in [1.165, 1.54) is 14.7 Å². The molecule has 0 aliphatic carbocycles. The Balaban J connectivity index is 1.90. The predicted molar refractivity (Wildman–Crippen MR) is 120 cm³/mol. The van der Waals surface area contributed by atoms with Gasteiger partial charge in [0.2, 0.25) is 0 Å². The molecule has 0 spiro atoms. The maximum absolute atomic E-state index is 12.0. The molecule has 0 saturated heterocycles. The van der Waals surface area contributed by atoms with Crippen molar-refractivity contribution in [2.24, 2.45) is 0 Å². The summed E-state index contributed by atoms with van der Waals surface area (Å²) in [6.07, 6.45) is 1.98. The van der Waals surface area contributed by atoms with Gasteiger partial charge in [0.1, 0.15) is 12.4 Å². The van der Waals surface area contributed by atoms with Crippen molar-refractivity contribution in [1.29, 1.82) is 0 Å². The number of esters is 1. The van der Waals surface area contributed by atoms with Gasteiger partial charge in [-0.1, -0.05) is 24.3 Å². The van der Waals surface area contributed by atoms with Crippen LogP contribution in [-0.4, -0.2) is 31.9 Å². The third kappa shape index (κ3) is 7.28. The first-order chi connectivity index (χ1) is 13.5. The second-order valence-electron chi connectivity index (χ2n) is 6.25. The predicted octanol–water partition coefficient (Wildman–Crippen LogP) is 5.28. The van der Waals surface area contributed by atoms with Crippen molar-refractivity contribution in [3.05, 3.63) is 69.3 Å². The van der Waals surface area contributed by atoms with E-state index in [1.54, 1.807) is 6.92 Å². The Kier molecular flexibility index (Phi) is 9.50. The molecule has 0 bridgehead atoms. The molecule has 0 aliphatic rings. The van der Waals surface area contributed by atoms with Crippen molar-refractivity contribution in [3.63, 3.8) is 0 Å². The van der Waals surface area contributed by atoms with Gasteiger partial charge in [-0.3, -0.25) is 0 Å². The van der Waals surface area contributed by atoms with Gasteiger partial charge in [0.15, 0.2) is 6.10 Å². The van der Waals surface area contributed by atoms with Crippen LogP contribution in [0.15, 0.2) is 54.6 Å². The minimum absolute atomic E-state index is 0.319. The Hall–Kier alpha value is -1.86. The quantitative estimate of drug-likeness (QED) is 0.333. The van der Waals surface area contributed by atoms with Gasteiger partial charge in [-0.15, -0.1) is 0 Å². The number of benzene rings is 2. The lowest BCUT2D eigenvalue weighted by atomic mass is 10.1. The molecule has 2 rings (SSSR count). The molecular weight excluding hydrogens is 467 g/mol. The lowest BCUT2D eigenvalue weighted by Crippen LogP contribution is -2.28. The number of carbonyl (C=O) groups is 1. The fourth-order valence-electron chi connectivity index (χ4n) is 2.68. The fraction of sp³-hybridized carbons (Fsp3) is 0.348. The molecule has 0 amide bonds. The van der Waals surface area contributed by atoms with E-state index in [0.717, 1.165) is 11.3 Å². The highest BCUT2D eigenvalue weighted by Gasteiger charge is 2.20. The number of ether oxygens (including phenoxy) is 3. The molecule has 0 heterocycles. The molecule has 5 heteroatoms. The topological polar surface area (TPSA) is 44.8 Å². The van der Waals surface area contributed by atoms with Gasteiger partial charge in [0.05, 0.1) is 6.61 Å². The number of rotatable bonds is 10. The van der Waals surface area contributed by atoms with Gasteiger partial charge in [-0.25, -0.2) is 4.79 Å². The van der Waals surface area contributed by atoms with Crippen molar-refractivity contribution in [3.8, 4) is 5.75 Å². The number of hydrogen-bond donors (Lipinski definition) is 0. The second kappa shape index (κ2) is 11.9. The zero-order valence-electron chi connectivity index (χ0n) is 16.6. The maximum atomic E-state index is 12.0. The third-order valence-electron chi connectivity index (χ3n) is 4.20. The molecule has 0 saturated carbocycles. The maximum Gasteiger partial charge on any atom is 0.335 e. The summed E-state index contributed by atoms with van der Waals surface area (Å²) in [7, 11) is 0. The highest BCUT2D eigenvalue weighted by atomic mass is 127. The van der Waals surface area contributed by atoms with Gasteiger partial charge >= 0.3 is 5.97 Å². The lowest BCUT2D eigenvalue weighted by molar-refractivity contribution is -0.156. The summed E-state index contributed by atoms with van der Waals surface area (Å²) >= 11 is 2.30.